The van der Waals surface area contributed by atoms with Crippen molar-refractivity contribution in [2.75, 3.05) is 20.2 Å². The molecule has 2 aliphatic rings. The van der Waals surface area contributed by atoms with Crippen molar-refractivity contribution in [3.63, 3.8) is 0 Å². The van der Waals surface area contributed by atoms with E-state index in [1.54, 1.807) is 12.1 Å². The van der Waals surface area contributed by atoms with Crippen LogP contribution in [0.25, 0.3) is 0 Å². The molecule has 28 heavy (non-hydrogen) atoms. The number of sulfonamides is 1. The van der Waals surface area contributed by atoms with E-state index in [1.807, 2.05) is 0 Å². The molecule has 0 radical (unpaired) electrons. The zero-order chi connectivity index (χ0) is 20.1. The van der Waals surface area contributed by atoms with Gasteiger partial charge in [0.2, 0.25) is 10.0 Å². The van der Waals surface area contributed by atoms with Crippen LogP contribution in [-0.4, -0.2) is 44.9 Å². The predicted octanol–water partition coefficient (Wildman–Crippen LogP) is 3.57. The first-order chi connectivity index (χ1) is 13.5. The van der Waals surface area contributed by atoms with Crippen LogP contribution in [-0.2, 0) is 10.0 Å². The summed E-state index contributed by atoms with van der Waals surface area (Å²) in [4.78, 5) is 12.9. The van der Waals surface area contributed by atoms with Crippen LogP contribution in [0.1, 0.15) is 68.6 Å². The van der Waals surface area contributed by atoms with Crippen LogP contribution in [0, 0.1) is 5.92 Å². The molecule has 2 unspecified atom stereocenters. The Morgan fingerprint density at radius 1 is 1.21 bits per heavy atom. The molecule has 1 aliphatic carbocycles. The number of methoxy groups -OCH3 is 1. The van der Waals surface area contributed by atoms with Crippen molar-refractivity contribution in [1.29, 1.82) is 0 Å². The minimum atomic E-state index is -3.66. The van der Waals surface area contributed by atoms with Crippen molar-refractivity contribution in [2.24, 2.45) is 5.92 Å². The molecule has 7 heteroatoms. The van der Waals surface area contributed by atoms with Crippen molar-refractivity contribution in [1.82, 2.24) is 9.62 Å². The smallest absolute Gasteiger partial charge is 0.251 e. The molecule has 2 fully saturated rings. The molecule has 1 amide bonds. The molecule has 0 aromatic heterocycles. The SMILES string of the molecule is CCCCC1CCCC1NC(=O)c1ccc(OC)c(S(=O)(=O)N2CCCC2)c1. The van der Waals surface area contributed by atoms with Crippen LogP contribution < -0.4 is 10.1 Å². The average molecular weight is 409 g/mol. The van der Waals surface area contributed by atoms with Gasteiger partial charge in [-0.1, -0.05) is 26.2 Å². The predicted molar refractivity (Wildman–Crippen MR) is 109 cm³/mol. The Bertz CT molecular complexity index is 788. The Labute approximate surface area is 168 Å². The maximum atomic E-state index is 13.0. The third kappa shape index (κ3) is 4.51. The second-order valence-corrected chi connectivity index (χ2v) is 9.80. The van der Waals surface area contributed by atoms with E-state index in [9.17, 15) is 13.2 Å². The van der Waals surface area contributed by atoms with Crippen molar-refractivity contribution >= 4 is 15.9 Å². The van der Waals surface area contributed by atoms with E-state index in [0.29, 0.717) is 24.6 Å². The first-order valence-corrected chi connectivity index (χ1v) is 11.9. The molecule has 1 aromatic rings. The average Bonchev–Trinajstić information content (AvgIpc) is 3.38. The van der Waals surface area contributed by atoms with E-state index in [1.165, 1.54) is 23.9 Å². The van der Waals surface area contributed by atoms with Gasteiger partial charge in [-0.15, -0.1) is 0 Å². The van der Waals surface area contributed by atoms with Gasteiger partial charge < -0.3 is 10.1 Å². The first-order valence-electron chi connectivity index (χ1n) is 10.5. The lowest BCUT2D eigenvalue weighted by Crippen LogP contribution is -2.37. The fourth-order valence-electron chi connectivity index (χ4n) is 4.38. The number of amides is 1. The molecular weight excluding hydrogens is 376 g/mol. The molecule has 1 saturated carbocycles. The number of carbonyl (C=O) groups excluding carboxylic acids is 1. The summed E-state index contributed by atoms with van der Waals surface area (Å²) in [6, 6.07) is 4.88. The van der Waals surface area contributed by atoms with E-state index in [2.05, 4.69) is 12.2 Å². The maximum absolute atomic E-state index is 13.0. The summed E-state index contributed by atoms with van der Waals surface area (Å²) in [6.45, 7) is 3.22. The van der Waals surface area contributed by atoms with E-state index < -0.39 is 10.0 Å². The molecule has 1 heterocycles. The lowest BCUT2D eigenvalue weighted by molar-refractivity contribution is 0.0926. The number of nitrogens with one attached hydrogen (secondary N) is 1. The molecule has 156 valence electrons. The van der Waals surface area contributed by atoms with Gasteiger partial charge in [0.05, 0.1) is 7.11 Å². The number of hydrogen-bond acceptors (Lipinski definition) is 4. The van der Waals surface area contributed by atoms with Crippen LogP contribution in [0.15, 0.2) is 23.1 Å². The summed E-state index contributed by atoms with van der Waals surface area (Å²) in [7, 11) is -2.21. The largest absolute Gasteiger partial charge is 0.495 e. The fraction of sp³-hybridized carbons (Fsp3) is 0.667. The molecule has 0 bridgehead atoms. The Hall–Kier alpha value is -1.60. The van der Waals surface area contributed by atoms with Gasteiger partial charge in [0.1, 0.15) is 10.6 Å². The highest BCUT2D eigenvalue weighted by molar-refractivity contribution is 7.89. The molecule has 1 saturated heterocycles. The van der Waals surface area contributed by atoms with Gasteiger partial charge in [-0.25, -0.2) is 8.42 Å². The van der Waals surface area contributed by atoms with Gasteiger partial charge in [0, 0.05) is 24.7 Å². The monoisotopic (exact) mass is 408 g/mol. The minimum absolute atomic E-state index is 0.0819. The molecule has 6 nitrogen and oxygen atoms in total. The van der Waals surface area contributed by atoms with Gasteiger partial charge >= 0.3 is 0 Å². The summed E-state index contributed by atoms with van der Waals surface area (Å²) in [5.41, 5.74) is 0.375. The number of carbonyl (C=O) groups is 1. The fourth-order valence-corrected chi connectivity index (χ4v) is 6.08. The standard InChI is InChI=1S/C21H32N2O4S/c1-3-4-8-16-9-7-10-18(16)22-21(24)17-11-12-19(27-2)20(15-17)28(25,26)23-13-5-6-14-23/h11-12,15-16,18H,3-10,13-14H2,1-2H3,(H,22,24). The number of unbranched alkanes of at least 4 members (excludes halogenated alkanes) is 1. The van der Waals surface area contributed by atoms with Crippen molar-refractivity contribution in [2.45, 2.75) is 69.2 Å². The number of nitrogens with zero attached hydrogens (tertiary/aromatic N) is 1. The molecule has 1 aromatic carbocycles. The minimum Gasteiger partial charge on any atom is -0.495 e. The van der Waals surface area contributed by atoms with Crippen molar-refractivity contribution in [3.8, 4) is 5.75 Å². The van der Waals surface area contributed by atoms with Gasteiger partial charge in [-0.05, 0) is 56.2 Å². The topological polar surface area (TPSA) is 75.7 Å². The van der Waals surface area contributed by atoms with E-state index >= 15 is 0 Å². The zero-order valence-electron chi connectivity index (χ0n) is 16.9. The second-order valence-electron chi connectivity index (χ2n) is 7.89. The zero-order valence-corrected chi connectivity index (χ0v) is 17.8. The van der Waals surface area contributed by atoms with E-state index in [0.717, 1.165) is 44.9 Å². The summed E-state index contributed by atoms with van der Waals surface area (Å²) < 4.78 is 32.8. The highest BCUT2D eigenvalue weighted by Gasteiger charge is 2.32. The summed E-state index contributed by atoms with van der Waals surface area (Å²) in [5, 5.41) is 3.15. The Kier molecular flexibility index (Phi) is 6.99. The number of hydrogen-bond donors (Lipinski definition) is 1. The van der Waals surface area contributed by atoms with Gasteiger partial charge in [-0.3, -0.25) is 4.79 Å². The number of benzene rings is 1. The van der Waals surface area contributed by atoms with Crippen LogP contribution >= 0.6 is 0 Å². The molecular formula is C21H32N2O4S. The van der Waals surface area contributed by atoms with E-state index in [-0.39, 0.29) is 22.6 Å². The van der Waals surface area contributed by atoms with Crippen LogP contribution in [0.5, 0.6) is 5.75 Å². The highest BCUT2D eigenvalue weighted by atomic mass is 32.2. The van der Waals surface area contributed by atoms with Crippen LogP contribution in [0.4, 0.5) is 0 Å². The molecule has 1 N–H and O–H groups in total. The maximum Gasteiger partial charge on any atom is 0.251 e. The summed E-state index contributed by atoms with van der Waals surface area (Å²) >= 11 is 0. The molecule has 0 spiro atoms. The summed E-state index contributed by atoms with van der Waals surface area (Å²) in [6.07, 6.45) is 8.49. The third-order valence-electron chi connectivity index (χ3n) is 6.01. The van der Waals surface area contributed by atoms with Gasteiger partial charge in [0.15, 0.2) is 0 Å². The van der Waals surface area contributed by atoms with Gasteiger partial charge in [-0.2, -0.15) is 4.31 Å². The van der Waals surface area contributed by atoms with Gasteiger partial charge in [0.25, 0.3) is 5.91 Å². The second kappa shape index (κ2) is 9.27. The summed E-state index contributed by atoms with van der Waals surface area (Å²) in [5.74, 6) is 0.606. The molecule has 2 atom stereocenters. The van der Waals surface area contributed by atoms with Crippen LogP contribution in [0.2, 0.25) is 0 Å². The lowest BCUT2D eigenvalue weighted by Gasteiger charge is -2.22. The van der Waals surface area contributed by atoms with E-state index in [4.69, 9.17) is 4.74 Å². The molecule has 1 aliphatic heterocycles. The molecule has 3 rings (SSSR count). The number of ether oxygens (including phenoxy) is 1. The Morgan fingerprint density at radius 2 is 1.96 bits per heavy atom. The first kappa shape index (κ1) is 21.1. The third-order valence-corrected chi connectivity index (χ3v) is 7.93. The van der Waals surface area contributed by atoms with Crippen molar-refractivity contribution < 1.29 is 17.9 Å². The van der Waals surface area contributed by atoms with Crippen molar-refractivity contribution in [3.05, 3.63) is 23.8 Å². The Balaban J connectivity index is 1.79. The quantitative estimate of drug-likeness (QED) is 0.713. The lowest BCUT2D eigenvalue weighted by atomic mass is 9.96. The normalized spacial score (nSPS) is 23.1. The van der Waals surface area contributed by atoms with Crippen LogP contribution in [0.3, 0.4) is 0 Å². The Morgan fingerprint density at radius 3 is 2.64 bits per heavy atom. The number of rotatable bonds is 8. The highest BCUT2D eigenvalue weighted by Crippen LogP contribution is 2.32.